The van der Waals surface area contributed by atoms with Crippen molar-refractivity contribution in [2.24, 2.45) is 4.99 Å². The van der Waals surface area contributed by atoms with Crippen molar-refractivity contribution < 1.29 is 9.47 Å². The number of benzene rings is 2. The first-order valence-corrected chi connectivity index (χ1v) is 7.46. The number of hydrogen-bond donors (Lipinski definition) is 1. The van der Waals surface area contributed by atoms with E-state index in [1.165, 1.54) is 0 Å². The van der Waals surface area contributed by atoms with Crippen LogP contribution < -0.4 is 10.1 Å². The number of para-hydroxylation sites is 1. The second-order valence-electron chi connectivity index (χ2n) is 5.11. The molecule has 0 saturated heterocycles. The second kappa shape index (κ2) is 7.09. The molecule has 0 unspecified atom stereocenters. The molecule has 1 aliphatic heterocycles. The predicted molar refractivity (Wildman–Crippen MR) is 87.4 cm³/mol. The van der Waals surface area contributed by atoms with Crippen molar-refractivity contribution in [1.82, 2.24) is 5.32 Å². The SMILES string of the molecule is CO[C@H](C1=NCCN1)[C@@H](Oc1ccccc1)c1ccccc1. The molecule has 2 aromatic carbocycles. The third-order valence-corrected chi connectivity index (χ3v) is 3.63. The summed E-state index contributed by atoms with van der Waals surface area (Å²) in [4.78, 5) is 4.50. The molecule has 3 rings (SSSR count). The third-order valence-electron chi connectivity index (χ3n) is 3.63. The van der Waals surface area contributed by atoms with E-state index in [0.29, 0.717) is 0 Å². The third kappa shape index (κ3) is 3.28. The molecular weight excluding hydrogens is 276 g/mol. The summed E-state index contributed by atoms with van der Waals surface area (Å²) in [5, 5.41) is 3.29. The number of rotatable bonds is 6. The van der Waals surface area contributed by atoms with E-state index in [2.05, 4.69) is 22.4 Å². The van der Waals surface area contributed by atoms with E-state index in [0.717, 1.165) is 30.2 Å². The summed E-state index contributed by atoms with van der Waals surface area (Å²) in [5.74, 6) is 1.67. The van der Waals surface area contributed by atoms with Crippen molar-refractivity contribution >= 4 is 5.84 Å². The smallest absolute Gasteiger partial charge is 0.157 e. The summed E-state index contributed by atoms with van der Waals surface area (Å²) < 4.78 is 11.9. The van der Waals surface area contributed by atoms with Crippen LogP contribution in [0.5, 0.6) is 5.75 Å². The highest BCUT2D eigenvalue weighted by atomic mass is 16.5. The summed E-state index contributed by atoms with van der Waals surface area (Å²) in [7, 11) is 1.69. The molecule has 0 amide bonds. The minimum Gasteiger partial charge on any atom is -0.483 e. The van der Waals surface area contributed by atoms with Gasteiger partial charge in [0.05, 0.1) is 6.54 Å². The minimum atomic E-state index is -0.259. The standard InChI is InChI=1S/C18H20N2O2/c1-21-17(18-19-12-13-20-18)16(14-8-4-2-5-9-14)22-15-10-6-3-7-11-15/h2-11,16-17H,12-13H2,1H3,(H,19,20)/t16-,17-/m0/s1. The predicted octanol–water partition coefficient (Wildman–Crippen LogP) is 2.82. The quantitative estimate of drug-likeness (QED) is 0.891. The Hall–Kier alpha value is -2.33. The number of hydrogen-bond acceptors (Lipinski definition) is 4. The Balaban J connectivity index is 1.91. The van der Waals surface area contributed by atoms with Gasteiger partial charge in [0.15, 0.2) is 12.2 Å². The van der Waals surface area contributed by atoms with Crippen molar-refractivity contribution in [2.75, 3.05) is 20.2 Å². The topological polar surface area (TPSA) is 42.8 Å². The van der Waals surface area contributed by atoms with Gasteiger partial charge in [0.2, 0.25) is 0 Å². The van der Waals surface area contributed by atoms with Crippen LogP contribution in [0.2, 0.25) is 0 Å². The Morgan fingerprint density at radius 2 is 1.64 bits per heavy atom. The van der Waals surface area contributed by atoms with Crippen LogP contribution in [0.25, 0.3) is 0 Å². The number of nitrogens with one attached hydrogen (secondary N) is 1. The first-order valence-electron chi connectivity index (χ1n) is 7.46. The average Bonchev–Trinajstić information content (AvgIpc) is 3.11. The zero-order valence-corrected chi connectivity index (χ0v) is 12.6. The summed E-state index contributed by atoms with van der Waals surface area (Å²) >= 11 is 0. The molecule has 22 heavy (non-hydrogen) atoms. The van der Waals surface area contributed by atoms with Gasteiger partial charge in [-0.25, -0.2) is 0 Å². The molecule has 0 fully saturated rings. The van der Waals surface area contributed by atoms with Crippen LogP contribution in [0.3, 0.4) is 0 Å². The summed E-state index contributed by atoms with van der Waals surface area (Å²) in [6.45, 7) is 1.63. The number of nitrogens with zero attached hydrogens (tertiary/aromatic N) is 1. The van der Waals surface area contributed by atoms with E-state index in [-0.39, 0.29) is 12.2 Å². The lowest BCUT2D eigenvalue weighted by atomic mass is 10.0. The van der Waals surface area contributed by atoms with E-state index in [9.17, 15) is 0 Å². The van der Waals surface area contributed by atoms with Gasteiger partial charge in [-0.2, -0.15) is 0 Å². The lowest BCUT2D eigenvalue weighted by Crippen LogP contribution is -2.39. The van der Waals surface area contributed by atoms with E-state index in [1.54, 1.807) is 7.11 Å². The summed E-state index contributed by atoms with van der Waals surface area (Å²) in [6, 6.07) is 19.9. The molecule has 1 heterocycles. The molecule has 114 valence electrons. The normalized spacial score (nSPS) is 16.5. The molecule has 4 nitrogen and oxygen atoms in total. The van der Waals surface area contributed by atoms with Gasteiger partial charge in [-0.05, 0) is 17.7 Å². The van der Waals surface area contributed by atoms with Crippen LogP contribution in [0.15, 0.2) is 65.7 Å². The number of amidine groups is 1. The molecule has 0 saturated carbocycles. The zero-order valence-electron chi connectivity index (χ0n) is 12.6. The van der Waals surface area contributed by atoms with E-state index in [1.807, 2.05) is 48.5 Å². The van der Waals surface area contributed by atoms with Crippen LogP contribution in [0.4, 0.5) is 0 Å². The lowest BCUT2D eigenvalue weighted by molar-refractivity contribution is 0.0414. The molecule has 0 aromatic heterocycles. The van der Waals surface area contributed by atoms with Crippen LogP contribution in [0, 0.1) is 0 Å². The fourth-order valence-electron chi connectivity index (χ4n) is 2.58. The van der Waals surface area contributed by atoms with Gasteiger partial charge in [-0.3, -0.25) is 4.99 Å². The Morgan fingerprint density at radius 1 is 0.955 bits per heavy atom. The van der Waals surface area contributed by atoms with Crippen LogP contribution >= 0.6 is 0 Å². The fourth-order valence-corrected chi connectivity index (χ4v) is 2.58. The van der Waals surface area contributed by atoms with Gasteiger partial charge in [-0.15, -0.1) is 0 Å². The zero-order chi connectivity index (χ0) is 15.2. The van der Waals surface area contributed by atoms with Gasteiger partial charge in [0.25, 0.3) is 0 Å². The fraction of sp³-hybridized carbons (Fsp3) is 0.278. The first kappa shape index (κ1) is 14.6. The molecule has 0 bridgehead atoms. The molecule has 0 radical (unpaired) electrons. The molecule has 2 atom stereocenters. The van der Waals surface area contributed by atoms with E-state index in [4.69, 9.17) is 9.47 Å². The van der Waals surface area contributed by atoms with Crippen molar-refractivity contribution in [2.45, 2.75) is 12.2 Å². The molecule has 0 aliphatic carbocycles. The molecule has 1 N–H and O–H groups in total. The van der Waals surface area contributed by atoms with E-state index < -0.39 is 0 Å². The summed E-state index contributed by atoms with van der Waals surface area (Å²) in [5.41, 5.74) is 1.06. The molecule has 2 aromatic rings. The van der Waals surface area contributed by atoms with Gasteiger partial charge in [-0.1, -0.05) is 48.5 Å². The maximum Gasteiger partial charge on any atom is 0.157 e. The molecular formula is C18H20N2O2. The Kier molecular flexibility index (Phi) is 4.71. The first-order chi connectivity index (χ1) is 10.9. The van der Waals surface area contributed by atoms with Crippen LogP contribution in [0.1, 0.15) is 11.7 Å². The minimum absolute atomic E-state index is 0.252. The van der Waals surface area contributed by atoms with Crippen molar-refractivity contribution in [3.05, 3.63) is 66.2 Å². The second-order valence-corrected chi connectivity index (χ2v) is 5.11. The van der Waals surface area contributed by atoms with Crippen LogP contribution in [-0.2, 0) is 4.74 Å². The van der Waals surface area contributed by atoms with Gasteiger partial charge < -0.3 is 14.8 Å². The van der Waals surface area contributed by atoms with Gasteiger partial charge in [0.1, 0.15) is 11.6 Å². The Labute approximate surface area is 130 Å². The highest BCUT2D eigenvalue weighted by Crippen LogP contribution is 2.27. The number of methoxy groups -OCH3 is 1. The van der Waals surface area contributed by atoms with Gasteiger partial charge in [0, 0.05) is 13.7 Å². The number of ether oxygens (including phenoxy) is 2. The van der Waals surface area contributed by atoms with Crippen molar-refractivity contribution in [3.8, 4) is 5.75 Å². The monoisotopic (exact) mass is 296 g/mol. The molecule has 4 heteroatoms. The molecule has 1 aliphatic rings. The Morgan fingerprint density at radius 3 is 2.23 bits per heavy atom. The van der Waals surface area contributed by atoms with Crippen molar-refractivity contribution in [3.63, 3.8) is 0 Å². The van der Waals surface area contributed by atoms with Gasteiger partial charge >= 0.3 is 0 Å². The highest BCUT2D eigenvalue weighted by Gasteiger charge is 2.31. The Bertz CT molecular complexity index is 613. The lowest BCUT2D eigenvalue weighted by Gasteiger charge is -2.27. The largest absolute Gasteiger partial charge is 0.483 e. The maximum absolute atomic E-state index is 6.22. The summed E-state index contributed by atoms with van der Waals surface area (Å²) in [6.07, 6.45) is -0.511. The maximum atomic E-state index is 6.22. The molecule has 0 spiro atoms. The van der Waals surface area contributed by atoms with Crippen LogP contribution in [-0.4, -0.2) is 32.1 Å². The average molecular weight is 296 g/mol. The number of aliphatic imine (C=N–C) groups is 1. The van der Waals surface area contributed by atoms with Crippen molar-refractivity contribution in [1.29, 1.82) is 0 Å². The highest BCUT2D eigenvalue weighted by molar-refractivity contribution is 5.88. The van der Waals surface area contributed by atoms with E-state index >= 15 is 0 Å².